The van der Waals surface area contributed by atoms with Gasteiger partial charge in [-0.1, -0.05) is 25.1 Å². The van der Waals surface area contributed by atoms with Crippen LogP contribution in [0.4, 0.5) is 4.79 Å². The highest BCUT2D eigenvalue weighted by Gasteiger charge is 2.16. The van der Waals surface area contributed by atoms with E-state index < -0.39 is 6.09 Å². The van der Waals surface area contributed by atoms with E-state index in [-0.39, 0.29) is 0 Å². The van der Waals surface area contributed by atoms with Crippen LogP contribution in [-0.4, -0.2) is 44.1 Å². The average Bonchev–Trinajstić information content (AvgIpc) is 2.34. The average molecular weight is 255 g/mol. The third-order valence-electron chi connectivity index (χ3n) is 2.33. The molecule has 0 aliphatic carbocycles. The molecule has 0 saturated carbocycles. The van der Waals surface area contributed by atoms with Gasteiger partial charge in [-0.15, -0.1) is 5.06 Å². The molecule has 0 bridgehead atoms. The Bertz CT molecular complexity index is 327. The van der Waals surface area contributed by atoms with E-state index in [2.05, 4.69) is 21.4 Å². The summed E-state index contributed by atoms with van der Waals surface area (Å²) in [6.07, 6.45) is 4.09. The Morgan fingerprint density at radius 1 is 1.67 bits per heavy atom. The largest absolute Gasteiger partial charge is 0.426 e. The molecule has 0 saturated heterocycles. The number of hydroxylamine groups is 2. The number of nitrogens with one attached hydrogen (secondary N) is 1. The maximum absolute atomic E-state index is 11.5. The molecular weight excluding hydrogens is 234 g/mol. The molecule has 0 fully saturated rings. The van der Waals surface area contributed by atoms with Gasteiger partial charge in [-0.2, -0.15) is 0 Å². The molecule has 0 aromatic carbocycles. The zero-order valence-corrected chi connectivity index (χ0v) is 11.2. The number of rotatable bonds is 5. The number of hydrogen-bond donors (Lipinski definition) is 1. The van der Waals surface area contributed by atoms with Crippen LogP contribution in [0.2, 0.25) is 0 Å². The van der Waals surface area contributed by atoms with Crippen LogP contribution in [0.3, 0.4) is 0 Å². The van der Waals surface area contributed by atoms with E-state index in [4.69, 9.17) is 4.84 Å². The number of carbonyl (C=O) groups excluding carboxylic acids is 1. The van der Waals surface area contributed by atoms with Gasteiger partial charge in [0.25, 0.3) is 0 Å². The SMILES string of the molecule is CO/N=C/C1=CCCN(OC(=O)NCC(C)C)C1. The van der Waals surface area contributed by atoms with Gasteiger partial charge in [-0.05, 0) is 17.9 Å². The summed E-state index contributed by atoms with van der Waals surface area (Å²) < 4.78 is 0. The summed E-state index contributed by atoms with van der Waals surface area (Å²) in [4.78, 5) is 21.3. The Kier molecular flexibility index (Phi) is 6.21. The van der Waals surface area contributed by atoms with Crippen molar-refractivity contribution in [3.63, 3.8) is 0 Å². The molecule has 18 heavy (non-hydrogen) atoms. The summed E-state index contributed by atoms with van der Waals surface area (Å²) in [5.74, 6) is 0.406. The van der Waals surface area contributed by atoms with Crippen molar-refractivity contribution < 1.29 is 14.5 Å². The third-order valence-corrected chi connectivity index (χ3v) is 2.33. The lowest BCUT2D eigenvalue weighted by molar-refractivity contribution is -0.0934. The van der Waals surface area contributed by atoms with Crippen LogP contribution in [0.1, 0.15) is 20.3 Å². The molecule has 1 rings (SSSR count). The molecule has 1 aliphatic heterocycles. The summed E-state index contributed by atoms with van der Waals surface area (Å²) in [6.45, 7) is 5.90. The van der Waals surface area contributed by atoms with Crippen LogP contribution in [0, 0.1) is 5.92 Å². The first kappa shape index (κ1) is 14.5. The first-order valence-electron chi connectivity index (χ1n) is 6.08. The molecule has 0 aromatic rings. The molecular formula is C12H21N3O3. The van der Waals surface area contributed by atoms with E-state index in [9.17, 15) is 4.79 Å². The maximum atomic E-state index is 11.5. The highest BCUT2D eigenvalue weighted by atomic mass is 16.7. The van der Waals surface area contributed by atoms with Gasteiger partial charge in [0, 0.05) is 13.1 Å². The zero-order chi connectivity index (χ0) is 13.4. The predicted molar refractivity (Wildman–Crippen MR) is 69.1 cm³/mol. The normalized spacial score (nSPS) is 16.8. The van der Waals surface area contributed by atoms with E-state index in [0.717, 1.165) is 12.0 Å². The summed E-state index contributed by atoms with van der Waals surface area (Å²) in [5.41, 5.74) is 0.972. The Morgan fingerprint density at radius 2 is 2.44 bits per heavy atom. The highest BCUT2D eigenvalue weighted by molar-refractivity contribution is 5.78. The topological polar surface area (TPSA) is 63.2 Å². The van der Waals surface area contributed by atoms with Gasteiger partial charge >= 0.3 is 6.09 Å². The summed E-state index contributed by atoms with van der Waals surface area (Å²) in [7, 11) is 1.49. The molecule has 0 spiro atoms. The number of amides is 1. The number of oxime groups is 1. The van der Waals surface area contributed by atoms with E-state index in [1.54, 1.807) is 11.3 Å². The van der Waals surface area contributed by atoms with Gasteiger partial charge in [0.05, 0.1) is 12.8 Å². The molecule has 0 radical (unpaired) electrons. The molecule has 6 nitrogen and oxygen atoms in total. The monoisotopic (exact) mass is 255 g/mol. The minimum absolute atomic E-state index is 0.406. The van der Waals surface area contributed by atoms with E-state index >= 15 is 0 Å². The molecule has 0 aromatic heterocycles. The van der Waals surface area contributed by atoms with Crippen molar-refractivity contribution in [2.24, 2.45) is 11.1 Å². The van der Waals surface area contributed by atoms with Crippen molar-refractivity contribution in [1.82, 2.24) is 10.4 Å². The van der Waals surface area contributed by atoms with Gasteiger partial charge < -0.3 is 15.0 Å². The second kappa shape index (κ2) is 7.71. The fourth-order valence-electron chi connectivity index (χ4n) is 1.47. The zero-order valence-electron chi connectivity index (χ0n) is 11.2. The van der Waals surface area contributed by atoms with E-state index in [0.29, 0.717) is 25.6 Å². The molecule has 0 unspecified atom stereocenters. The lowest BCUT2D eigenvalue weighted by Crippen LogP contribution is -2.38. The number of nitrogens with zero attached hydrogens (tertiary/aromatic N) is 2. The molecule has 102 valence electrons. The van der Waals surface area contributed by atoms with Gasteiger partial charge in [-0.25, -0.2) is 4.79 Å². The molecule has 1 aliphatic rings. The molecule has 6 heteroatoms. The molecule has 1 amide bonds. The van der Waals surface area contributed by atoms with E-state index in [1.807, 2.05) is 13.8 Å². The van der Waals surface area contributed by atoms with Crippen LogP contribution in [-0.2, 0) is 9.68 Å². The molecule has 0 atom stereocenters. The number of carbonyl (C=O) groups is 1. The lowest BCUT2D eigenvalue weighted by atomic mass is 10.2. The first-order valence-corrected chi connectivity index (χ1v) is 6.08. The predicted octanol–water partition coefficient (Wildman–Crippen LogP) is 1.55. The lowest BCUT2D eigenvalue weighted by Gasteiger charge is -2.24. The Hall–Kier alpha value is -1.56. The minimum atomic E-state index is -0.409. The quantitative estimate of drug-likeness (QED) is 0.598. The fourth-order valence-corrected chi connectivity index (χ4v) is 1.47. The van der Waals surface area contributed by atoms with Crippen molar-refractivity contribution in [3.05, 3.63) is 11.6 Å². The van der Waals surface area contributed by atoms with Crippen LogP contribution < -0.4 is 5.32 Å². The fraction of sp³-hybridized carbons (Fsp3) is 0.667. The highest BCUT2D eigenvalue weighted by Crippen LogP contribution is 2.08. The summed E-state index contributed by atoms with van der Waals surface area (Å²) >= 11 is 0. The smallest absolute Gasteiger partial charge is 0.399 e. The van der Waals surface area contributed by atoms with Crippen LogP contribution in [0.15, 0.2) is 16.8 Å². The number of hydrogen-bond acceptors (Lipinski definition) is 5. The first-order chi connectivity index (χ1) is 8.61. The van der Waals surface area contributed by atoms with Gasteiger partial charge in [0.2, 0.25) is 0 Å². The third kappa shape index (κ3) is 5.67. The summed E-state index contributed by atoms with van der Waals surface area (Å²) in [5, 5.41) is 8.02. The van der Waals surface area contributed by atoms with Crippen molar-refractivity contribution in [2.45, 2.75) is 20.3 Å². The van der Waals surface area contributed by atoms with Crippen molar-refractivity contribution >= 4 is 12.3 Å². The van der Waals surface area contributed by atoms with Crippen molar-refractivity contribution in [3.8, 4) is 0 Å². The van der Waals surface area contributed by atoms with Crippen LogP contribution >= 0.6 is 0 Å². The second-order valence-corrected chi connectivity index (χ2v) is 4.50. The molecule has 1 N–H and O–H groups in total. The Balaban J connectivity index is 2.33. The maximum Gasteiger partial charge on any atom is 0.426 e. The van der Waals surface area contributed by atoms with Crippen LogP contribution in [0.5, 0.6) is 0 Å². The Labute approximate surface area is 108 Å². The van der Waals surface area contributed by atoms with Gasteiger partial charge in [-0.3, -0.25) is 0 Å². The van der Waals surface area contributed by atoms with Gasteiger partial charge in [0.15, 0.2) is 0 Å². The minimum Gasteiger partial charge on any atom is -0.399 e. The summed E-state index contributed by atoms with van der Waals surface area (Å²) in [6, 6.07) is 0. The standard InChI is InChI=1S/C12H21N3O3/c1-10(2)7-13-12(16)18-15-6-4-5-11(9-15)8-14-17-3/h5,8,10H,4,6-7,9H2,1-3H3,(H,13,16)/b14-8+. The van der Waals surface area contributed by atoms with Gasteiger partial charge in [0.1, 0.15) is 7.11 Å². The Morgan fingerprint density at radius 3 is 3.11 bits per heavy atom. The van der Waals surface area contributed by atoms with Crippen molar-refractivity contribution in [2.75, 3.05) is 26.7 Å². The van der Waals surface area contributed by atoms with Crippen molar-refractivity contribution in [1.29, 1.82) is 0 Å². The van der Waals surface area contributed by atoms with E-state index in [1.165, 1.54) is 7.11 Å². The second-order valence-electron chi connectivity index (χ2n) is 4.50. The molecule has 1 heterocycles. The van der Waals surface area contributed by atoms with Crippen LogP contribution in [0.25, 0.3) is 0 Å².